The monoisotopic (exact) mass is 241 g/mol. The first-order valence-electron chi connectivity index (χ1n) is 4.79. The van der Waals surface area contributed by atoms with Gasteiger partial charge in [0.25, 0.3) is 0 Å². The Kier molecular flexibility index (Phi) is 4.27. The van der Waals surface area contributed by atoms with Crippen LogP contribution in [0.15, 0.2) is 23.4 Å². The van der Waals surface area contributed by atoms with Crippen LogP contribution in [0.5, 0.6) is 0 Å². The molecule has 0 atom stereocenters. The molecule has 1 aromatic carbocycles. The van der Waals surface area contributed by atoms with Gasteiger partial charge in [-0.3, -0.25) is 5.32 Å². The van der Waals surface area contributed by atoms with Gasteiger partial charge in [-0.1, -0.05) is 5.16 Å². The largest absolute Gasteiger partial charge is 0.450 e. The van der Waals surface area contributed by atoms with Gasteiger partial charge < -0.3 is 15.7 Å². The highest BCUT2D eigenvalue weighted by Gasteiger charge is 2.11. The van der Waals surface area contributed by atoms with Gasteiger partial charge in [-0.25, -0.2) is 9.18 Å². The minimum absolute atomic E-state index is 0.0700. The van der Waals surface area contributed by atoms with E-state index in [2.05, 4.69) is 15.2 Å². The summed E-state index contributed by atoms with van der Waals surface area (Å²) in [6.45, 7) is 1.85. The highest BCUT2D eigenvalue weighted by molar-refractivity contribution is 6.04. The Morgan fingerprint density at radius 3 is 2.94 bits per heavy atom. The van der Waals surface area contributed by atoms with Crippen molar-refractivity contribution < 1.29 is 19.1 Å². The van der Waals surface area contributed by atoms with E-state index >= 15 is 0 Å². The Morgan fingerprint density at radius 1 is 1.65 bits per heavy atom. The molecule has 0 aromatic heterocycles. The molecule has 0 fully saturated rings. The molecule has 0 saturated carbocycles. The van der Waals surface area contributed by atoms with Gasteiger partial charge in [0.15, 0.2) is 5.84 Å². The van der Waals surface area contributed by atoms with Crippen molar-refractivity contribution in [2.24, 2.45) is 10.9 Å². The van der Waals surface area contributed by atoms with Crippen molar-refractivity contribution in [2.45, 2.75) is 6.92 Å². The molecular formula is C10H12FN3O3. The number of amidine groups is 1. The lowest BCUT2D eigenvalue weighted by molar-refractivity contribution is 0.168. The highest BCUT2D eigenvalue weighted by atomic mass is 19.1. The maximum Gasteiger partial charge on any atom is 0.411 e. The zero-order chi connectivity index (χ0) is 12.8. The molecule has 0 saturated heterocycles. The number of nitrogens with two attached hydrogens (primary N) is 1. The van der Waals surface area contributed by atoms with Crippen LogP contribution in [-0.2, 0) is 4.74 Å². The van der Waals surface area contributed by atoms with E-state index in [1.54, 1.807) is 6.92 Å². The number of anilines is 1. The molecule has 4 N–H and O–H groups in total. The number of hydrogen-bond acceptors (Lipinski definition) is 4. The lowest BCUT2D eigenvalue weighted by Gasteiger charge is -2.09. The van der Waals surface area contributed by atoms with Gasteiger partial charge in [0.1, 0.15) is 5.82 Å². The molecule has 0 aliphatic rings. The second-order valence-electron chi connectivity index (χ2n) is 3.02. The average Bonchev–Trinajstić information content (AvgIpc) is 2.30. The van der Waals surface area contributed by atoms with Gasteiger partial charge in [-0.2, -0.15) is 0 Å². The summed E-state index contributed by atoms with van der Waals surface area (Å²) in [5, 5.41) is 13.6. The summed E-state index contributed by atoms with van der Waals surface area (Å²) in [5.41, 5.74) is 5.62. The van der Waals surface area contributed by atoms with Gasteiger partial charge in [0.2, 0.25) is 0 Å². The van der Waals surface area contributed by atoms with Crippen molar-refractivity contribution in [1.29, 1.82) is 0 Å². The summed E-state index contributed by atoms with van der Waals surface area (Å²) in [4.78, 5) is 11.2. The second kappa shape index (κ2) is 5.69. The van der Waals surface area contributed by atoms with E-state index in [-0.39, 0.29) is 23.7 Å². The number of carbonyl (C=O) groups is 1. The van der Waals surface area contributed by atoms with Gasteiger partial charge in [0.05, 0.1) is 12.3 Å². The number of hydrogen-bond donors (Lipinski definition) is 3. The maximum absolute atomic E-state index is 13.0. The summed E-state index contributed by atoms with van der Waals surface area (Å²) in [6.07, 6.45) is -0.703. The molecule has 0 aliphatic carbocycles. The molecule has 0 heterocycles. The zero-order valence-corrected chi connectivity index (χ0v) is 9.11. The Morgan fingerprint density at radius 2 is 2.35 bits per heavy atom. The van der Waals surface area contributed by atoms with E-state index in [9.17, 15) is 9.18 Å². The van der Waals surface area contributed by atoms with Crippen LogP contribution in [0.2, 0.25) is 0 Å². The van der Waals surface area contributed by atoms with Crippen molar-refractivity contribution in [3.05, 3.63) is 29.6 Å². The molecule has 1 aromatic rings. The standard InChI is InChI=1S/C10H12FN3O3/c1-2-17-10(15)13-8-4-3-6(11)5-7(8)9(12)14-16/h3-5,16H,2H2,1H3,(H2,12,14)(H,13,15). The van der Waals surface area contributed by atoms with E-state index in [0.29, 0.717) is 0 Å². The summed E-state index contributed by atoms with van der Waals surface area (Å²) >= 11 is 0. The SMILES string of the molecule is CCOC(=O)Nc1ccc(F)cc1/C(N)=N/O. The summed E-state index contributed by atoms with van der Waals surface area (Å²) < 4.78 is 17.7. The Hall–Kier alpha value is -2.31. The zero-order valence-electron chi connectivity index (χ0n) is 9.11. The quantitative estimate of drug-likeness (QED) is 0.323. The first kappa shape index (κ1) is 12.8. The number of carbonyl (C=O) groups excluding carboxylic acids is 1. The minimum atomic E-state index is -0.703. The van der Waals surface area contributed by atoms with Gasteiger partial charge in [0, 0.05) is 5.56 Å². The molecule has 0 bridgehead atoms. The van der Waals surface area contributed by atoms with Crippen LogP contribution >= 0.6 is 0 Å². The fourth-order valence-corrected chi connectivity index (χ4v) is 1.17. The first-order valence-corrected chi connectivity index (χ1v) is 4.79. The van der Waals surface area contributed by atoms with Gasteiger partial charge in [-0.15, -0.1) is 0 Å². The third-order valence-corrected chi connectivity index (χ3v) is 1.88. The molecule has 1 rings (SSSR count). The summed E-state index contributed by atoms with van der Waals surface area (Å²) in [5.74, 6) is -0.877. The topological polar surface area (TPSA) is 96.9 Å². The van der Waals surface area contributed by atoms with E-state index in [4.69, 9.17) is 10.9 Å². The van der Waals surface area contributed by atoms with E-state index in [1.807, 2.05) is 0 Å². The molecular weight excluding hydrogens is 229 g/mol. The molecule has 7 heteroatoms. The molecule has 0 radical (unpaired) electrons. The molecule has 0 aliphatic heterocycles. The number of amides is 1. The number of oxime groups is 1. The normalized spacial score (nSPS) is 11.1. The fraction of sp³-hybridized carbons (Fsp3) is 0.200. The summed E-state index contributed by atoms with van der Waals surface area (Å²) in [6, 6.07) is 3.46. The molecule has 17 heavy (non-hydrogen) atoms. The van der Waals surface area contributed by atoms with Crippen LogP contribution in [0.3, 0.4) is 0 Å². The van der Waals surface area contributed by atoms with Crippen LogP contribution in [0.4, 0.5) is 14.9 Å². The fourth-order valence-electron chi connectivity index (χ4n) is 1.17. The van der Waals surface area contributed by atoms with Crippen molar-refractivity contribution >= 4 is 17.6 Å². The Balaban J connectivity index is 3.02. The molecule has 1 amide bonds. The summed E-state index contributed by atoms with van der Waals surface area (Å²) in [7, 11) is 0. The predicted molar refractivity (Wildman–Crippen MR) is 59.6 cm³/mol. The molecule has 0 spiro atoms. The average molecular weight is 241 g/mol. The first-order chi connectivity index (χ1) is 8.08. The number of benzene rings is 1. The van der Waals surface area contributed by atoms with E-state index < -0.39 is 11.9 Å². The van der Waals surface area contributed by atoms with Crippen molar-refractivity contribution in [1.82, 2.24) is 0 Å². The second-order valence-corrected chi connectivity index (χ2v) is 3.02. The van der Waals surface area contributed by atoms with E-state index in [0.717, 1.165) is 12.1 Å². The minimum Gasteiger partial charge on any atom is -0.450 e. The molecule has 0 unspecified atom stereocenters. The van der Waals surface area contributed by atoms with Crippen LogP contribution in [-0.4, -0.2) is 23.7 Å². The van der Waals surface area contributed by atoms with Crippen LogP contribution in [0.1, 0.15) is 12.5 Å². The number of halogens is 1. The number of nitrogens with one attached hydrogen (secondary N) is 1. The number of nitrogens with zero attached hydrogens (tertiary/aromatic N) is 1. The smallest absolute Gasteiger partial charge is 0.411 e. The number of ether oxygens (including phenoxy) is 1. The van der Waals surface area contributed by atoms with Crippen molar-refractivity contribution in [3.63, 3.8) is 0 Å². The van der Waals surface area contributed by atoms with E-state index in [1.165, 1.54) is 6.07 Å². The van der Waals surface area contributed by atoms with Crippen LogP contribution in [0.25, 0.3) is 0 Å². The number of rotatable bonds is 3. The lowest BCUT2D eigenvalue weighted by Crippen LogP contribution is -2.20. The lowest BCUT2D eigenvalue weighted by atomic mass is 10.1. The molecule has 92 valence electrons. The maximum atomic E-state index is 13.0. The Bertz CT molecular complexity index is 448. The van der Waals surface area contributed by atoms with Gasteiger partial charge >= 0.3 is 6.09 Å². The highest BCUT2D eigenvalue weighted by Crippen LogP contribution is 2.17. The van der Waals surface area contributed by atoms with Crippen LogP contribution < -0.4 is 11.1 Å². The van der Waals surface area contributed by atoms with Crippen molar-refractivity contribution in [2.75, 3.05) is 11.9 Å². The Labute approximate surface area is 96.9 Å². The third-order valence-electron chi connectivity index (χ3n) is 1.88. The molecule has 6 nitrogen and oxygen atoms in total. The predicted octanol–water partition coefficient (Wildman–Crippen LogP) is 1.49. The van der Waals surface area contributed by atoms with Crippen LogP contribution in [0, 0.1) is 5.82 Å². The van der Waals surface area contributed by atoms with Gasteiger partial charge in [-0.05, 0) is 25.1 Å². The third kappa shape index (κ3) is 3.33. The van der Waals surface area contributed by atoms with Crippen molar-refractivity contribution in [3.8, 4) is 0 Å².